The zero-order chi connectivity index (χ0) is 14.8. The minimum atomic E-state index is -0.187. The molecule has 1 aliphatic rings. The van der Waals surface area contributed by atoms with Crippen molar-refractivity contribution >= 4 is 33.2 Å². The highest BCUT2D eigenvalue weighted by molar-refractivity contribution is 9.10. The van der Waals surface area contributed by atoms with Crippen LogP contribution in [0.15, 0.2) is 53.0 Å². The number of carbonyl (C=O) groups is 1. The van der Waals surface area contributed by atoms with E-state index in [4.69, 9.17) is 0 Å². The largest absolute Gasteiger partial charge is 0.359 e. The number of fused-ring (bicyclic) bond motifs is 1. The van der Waals surface area contributed by atoms with Crippen molar-refractivity contribution in [3.05, 3.63) is 58.6 Å². The fourth-order valence-electron chi connectivity index (χ4n) is 2.72. The zero-order valence-corrected chi connectivity index (χ0v) is 13.4. The normalized spacial score (nSPS) is 14.7. The maximum atomic E-state index is 12.5. The summed E-state index contributed by atoms with van der Waals surface area (Å²) in [6.07, 6.45) is 1.00. The molecule has 0 aromatic heterocycles. The second-order valence-electron chi connectivity index (χ2n) is 5.25. The number of hydrogen-bond acceptors (Lipinski definition) is 2. The molecule has 1 heterocycles. The van der Waals surface area contributed by atoms with Gasteiger partial charge in [-0.25, -0.2) is 0 Å². The third-order valence-corrected chi connectivity index (χ3v) is 4.36. The first-order chi connectivity index (χ1) is 10.1. The summed E-state index contributed by atoms with van der Waals surface area (Å²) in [7, 11) is 0. The molecule has 0 radical (unpaired) electrons. The minimum absolute atomic E-state index is 0.0183. The molecule has 1 aliphatic heterocycles. The van der Waals surface area contributed by atoms with E-state index in [1.165, 1.54) is 11.3 Å². The van der Waals surface area contributed by atoms with Crippen LogP contribution >= 0.6 is 15.9 Å². The number of nitrogens with zero attached hydrogens (tertiary/aromatic N) is 1. The van der Waals surface area contributed by atoms with Crippen LogP contribution in [0.25, 0.3) is 0 Å². The highest BCUT2D eigenvalue weighted by atomic mass is 79.9. The van der Waals surface area contributed by atoms with E-state index < -0.39 is 0 Å². The number of amides is 1. The summed E-state index contributed by atoms with van der Waals surface area (Å²) in [5, 5.41) is 2.98. The van der Waals surface area contributed by atoms with E-state index >= 15 is 0 Å². The molecule has 0 aliphatic carbocycles. The molecule has 108 valence electrons. The molecule has 1 N–H and O–H groups in total. The van der Waals surface area contributed by atoms with E-state index in [0.29, 0.717) is 0 Å². The van der Waals surface area contributed by atoms with Crippen LogP contribution in [0.3, 0.4) is 0 Å². The molecule has 1 atom stereocenters. The maximum absolute atomic E-state index is 12.5. The van der Waals surface area contributed by atoms with Crippen LogP contribution in [0.1, 0.15) is 12.5 Å². The van der Waals surface area contributed by atoms with Crippen LogP contribution in [0.4, 0.5) is 11.4 Å². The third kappa shape index (κ3) is 2.95. The van der Waals surface area contributed by atoms with Crippen LogP contribution in [0.2, 0.25) is 0 Å². The van der Waals surface area contributed by atoms with E-state index in [1.54, 1.807) is 0 Å². The van der Waals surface area contributed by atoms with Gasteiger partial charge in [-0.05, 0) is 43.2 Å². The molecule has 0 spiro atoms. The Morgan fingerprint density at radius 3 is 2.86 bits per heavy atom. The third-order valence-electron chi connectivity index (χ3n) is 3.86. The Morgan fingerprint density at radius 1 is 1.24 bits per heavy atom. The van der Waals surface area contributed by atoms with Gasteiger partial charge >= 0.3 is 0 Å². The fourth-order valence-corrected chi connectivity index (χ4v) is 3.12. The number of rotatable bonds is 3. The molecular formula is C17H17BrN2O. The lowest BCUT2D eigenvalue weighted by molar-refractivity contribution is -0.117. The van der Waals surface area contributed by atoms with Crippen molar-refractivity contribution < 1.29 is 4.79 Å². The quantitative estimate of drug-likeness (QED) is 0.917. The lowest BCUT2D eigenvalue weighted by atomic mass is 10.1. The molecule has 0 bridgehead atoms. The SMILES string of the molecule is C[C@@H](C(=O)Nc1cccc(Br)c1)N1CCc2ccccc21. The molecular weight excluding hydrogens is 328 g/mol. The van der Waals surface area contributed by atoms with Crippen molar-refractivity contribution in [1.82, 2.24) is 0 Å². The van der Waals surface area contributed by atoms with Crippen molar-refractivity contribution in [2.45, 2.75) is 19.4 Å². The molecule has 3 rings (SSSR count). The summed E-state index contributed by atoms with van der Waals surface area (Å²) < 4.78 is 0.958. The summed E-state index contributed by atoms with van der Waals surface area (Å²) in [4.78, 5) is 14.6. The second-order valence-corrected chi connectivity index (χ2v) is 6.16. The minimum Gasteiger partial charge on any atom is -0.359 e. The monoisotopic (exact) mass is 344 g/mol. The molecule has 2 aromatic carbocycles. The number of anilines is 2. The molecule has 0 unspecified atom stereocenters. The average molecular weight is 345 g/mol. The predicted molar refractivity (Wildman–Crippen MR) is 89.7 cm³/mol. The first-order valence-corrected chi connectivity index (χ1v) is 7.85. The number of nitrogens with one attached hydrogen (secondary N) is 1. The van der Waals surface area contributed by atoms with Crippen LogP contribution in [0.5, 0.6) is 0 Å². The molecule has 4 heteroatoms. The first-order valence-electron chi connectivity index (χ1n) is 7.06. The van der Waals surface area contributed by atoms with Gasteiger partial charge in [0.2, 0.25) is 5.91 Å². The Labute approximate surface area is 133 Å². The van der Waals surface area contributed by atoms with Gasteiger partial charge in [-0.15, -0.1) is 0 Å². The first kappa shape index (κ1) is 14.1. The summed E-state index contributed by atoms with van der Waals surface area (Å²) in [5.41, 5.74) is 3.31. The van der Waals surface area contributed by atoms with E-state index in [9.17, 15) is 4.79 Å². The van der Waals surface area contributed by atoms with Gasteiger partial charge < -0.3 is 10.2 Å². The van der Waals surface area contributed by atoms with Crippen molar-refractivity contribution in [1.29, 1.82) is 0 Å². The topological polar surface area (TPSA) is 32.3 Å². The number of carbonyl (C=O) groups excluding carboxylic acids is 1. The van der Waals surface area contributed by atoms with Gasteiger partial charge in [0.1, 0.15) is 6.04 Å². The molecule has 1 amide bonds. The van der Waals surface area contributed by atoms with Gasteiger partial charge in [-0.1, -0.05) is 40.2 Å². The Hall–Kier alpha value is -1.81. The summed E-state index contributed by atoms with van der Waals surface area (Å²) in [5.74, 6) is 0.0183. The van der Waals surface area contributed by atoms with Crippen molar-refractivity contribution in [2.24, 2.45) is 0 Å². The van der Waals surface area contributed by atoms with Crippen LogP contribution in [-0.4, -0.2) is 18.5 Å². The summed E-state index contributed by atoms with van der Waals surface area (Å²) in [6.45, 7) is 2.85. The zero-order valence-electron chi connectivity index (χ0n) is 11.8. The van der Waals surface area contributed by atoms with Crippen LogP contribution in [0, 0.1) is 0 Å². The standard InChI is InChI=1S/C17H17BrN2O/c1-12(17(21)19-15-7-4-6-14(18)11-15)20-10-9-13-5-2-3-8-16(13)20/h2-8,11-12H,9-10H2,1H3,(H,19,21)/t12-/m0/s1. The highest BCUT2D eigenvalue weighted by Crippen LogP contribution is 2.29. The molecule has 21 heavy (non-hydrogen) atoms. The number of benzene rings is 2. The number of hydrogen-bond donors (Lipinski definition) is 1. The van der Waals surface area contributed by atoms with E-state index in [1.807, 2.05) is 37.3 Å². The summed E-state index contributed by atoms with van der Waals surface area (Å²) >= 11 is 3.42. The molecule has 0 saturated heterocycles. The van der Waals surface area contributed by atoms with E-state index in [-0.39, 0.29) is 11.9 Å². The lowest BCUT2D eigenvalue weighted by Gasteiger charge is -2.26. The van der Waals surface area contributed by atoms with Gasteiger partial charge in [-0.2, -0.15) is 0 Å². The average Bonchev–Trinajstić information content (AvgIpc) is 2.90. The highest BCUT2D eigenvalue weighted by Gasteiger charge is 2.27. The van der Waals surface area contributed by atoms with Crippen LogP contribution < -0.4 is 10.2 Å². The molecule has 0 saturated carbocycles. The van der Waals surface area contributed by atoms with Crippen molar-refractivity contribution in [3.8, 4) is 0 Å². The number of halogens is 1. The van der Waals surface area contributed by atoms with Crippen molar-refractivity contribution in [2.75, 3.05) is 16.8 Å². The Kier molecular flexibility index (Phi) is 3.97. The maximum Gasteiger partial charge on any atom is 0.246 e. The van der Waals surface area contributed by atoms with Crippen LogP contribution in [-0.2, 0) is 11.2 Å². The van der Waals surface area contributed by atoms with Gasteiger partial charge in [0.05, 0.1) is 0 Å². The Balaban J connectivity index is 1.74. The van der Waals surface area contributed by atoms with Gasteiger partial charge in [0.15, 0.2) is 0 Å². The Morgan fingerprint density at radius 2 is 2.05 bits per heavy atom. The molecule has 2 aromatic rings. The Bertz CT molecular complexity index is 671. The lowest BCUT2D eigenvalue weighted by Crippen LogP contribution is -2.41. The van der Waals surface area contributed by atoms with Gasteiger partial charge in [-0.3, -0.25) is 4.79 Å². The smallest absolute Gasteiger partial charge is 0.246 e. The predicted octanol–water partition coefficient (Wildman–Crippen LogP) is 3.84. The fraction of sp³-hybridized carbons (Fsp3) is 0.235. The second kappa shape index (κ2) is 5.90. The van der Waals surface area contributed by atoms with E-state index in [2.05, 4.69) is 44.3 Å². The summed E-state index contributed by atoms with van der Waals surface area (Å²) in [6, 6.07) is 15.8. The number of para-hydroxylation sites is 1. The van der Waals surface area contributed by atoms with Crippen molar-refractivity contribution in [3.63, 3.8) is 0 Å². The van der Waals surface area contributed by atoms with Gasteiger partial charge in [0, 0.05) is 22.4 Å². The molecule has 3 nitrogen and oxygen atoms in total. The molecule has 0 fully saturated rings. The van der Waals surface area contributed by atoms with E-state index in [0.717, 1.165) is 23.1 Å². The van der Waals surface area contributed by atoms with Gasteiger partial charge in [0.25, 0.3) is 0 Å².